The van der Waals surface area contributed by atoms with Crippen molar-refractivity contribution in [1.82, 2.24) is 4.90 Å². The fourth-order valence-corrected chi connectivity index (χ4v) is 2.72. The van der Waals surface area contributed by atoms with Crippen molar-refractivity contribution in [3.05, 3.63) is 29.8 Å². The van der Waals surface area contributed by atoms with Gasteiger partial charge in [0.25, 0.3) is 0 Å². The highest BCUT2D eigenvalue weighted by Gasteiger charge is 2.28. The van der Waals surface area contributed by atoms with Crippen LogP contribution < -0.4 is 11.1 Å². The summed E-state index contributed by atoms with van der Waals surface area (Å²) in [5.41, 5.74) is 6.76. The Labute approximate surface area is 126 Å². The lowest BCUT2D eigenvalue weighted by molar-refractivity contribution is -0.117. The van der Waals surface area contributed by atoms with Gasteiger partial charge in [0.1, 0.15) is 0 Å². The molecule has 0 aliphatic carbocycles. The van der Waals surface area contributed by atoms with E-state index in [2.05, 4.69) is 10.2 Å². The number of anilines is 1. The van der Waals surface area contributed by atoms with Crippen LogP contribution in [0.15, 0.2) is 24.3 Å². The summed E-state index contributed by atoms with van der Waals surface area (Å²) in [6.45, 7) is 4.64. The van der Waals surface area contributed by atoms with Crippen LogP contribution >= 0.6 is 0 Å². The number of piperidine rings is 1. The van der Waals surface area contributed by atoms with E-state index in [1.165, 1.54) is 0 Å². The Morgan fingerprint density at radius 1 is 1.43 bits per heavy atom. The van der Waals surface area contributed by atoms with Crippen LogP contribution in [0.5, 0.6) is 0 Å². The van der Waals surface area contributed by atoms with E-state index in [1.807, 2.05) is 31.2 Å². The van der Waals surface area contributed by atoms with Crippen LogP contribution in [0.4, 0.5) is 5.69 Å². The minimum Gasteiger partial charge on any atom is -0.389 e. The lowest BCUT2D eigenvalue weighted by atomic mass is 9.95. The van der Waals surface area contributed by atoms with Gasteiger partial charge in [-0.05, 0) is 44.0 Å². The third-order valence-electron chi connectivity index (χ3n) is 3.88. The molecule has 0 spiro atoms. The Bertz CT molecular complexity index is 471. The average molecular weight is 291 g/mol. The Kier molecular flexibility index (Phi) is 5.33. The third-order valence-corrected chi connectivity index (χ3v) is 3.88. The molecule has 1 aliphatic rings. The number of amides is 1. The highest BCUT2D eigenvalue weighted by atomic mass is 16.3. The van der Waals surface area contributed by atoms with Crippen molar-refractivity contribution in [1.29, 1.82) is 0 Å². The first-order valence-electron chi connectivity index (χ1n) is 7.52. The van der Waals surface area contributed by atoms with Crippen molar-refractivity contribution in [3.8, 4) is 0 Å². The molecule has 1 atom stereocenters. The van der Waals surface area contributed by atoms with Crippen LogP contribution in [0, 0.1) is 0 Å². The number of benzene rings is 1. The first kappa shape index (κ1) is 15.9. The standard InChI is InChI=1S/C16H25N3O2/c1-16(21)8-2-9-19(12-16)10-7-15(20)18-14-5-3-13(11-17)4-6-14/h3-6,21H,2,7-12,17H2,1H3,(H,18,20). The number of nitrogens with zero attached hydrogens (tertiary/aromatic N) is 1. The van der Waals surface area contributed by atoms with Gasteiger partial charge in [-0.1, -0.05) is 12.1 Å². The molecule has 0 saturated carbocycles. The van der Waals surface area contributed by atoms with Gasteiger partial charge in [0.05, 0.1) is 5.60 Å². The molecule has 1 aromatic rings. The number of nitrogens with two attached hydrogens (primary N) is 1. The SMILES string of the molecule is CC1(O)CCCN(CCC(=O)Nc2ccc(CN)cc2)C1. The van der Waals surface area contributed by atoms with Crippen LogP contribution in [-0.4, -0.2) is 41.1 Å². The van der Waals surface area contributed by atoms with E-state index >= 15 is 0 Å². The summed E-state index contributed by atoms with van der Waals surface area (Å²) in [4.78, 5) is 14.1. The molecule has 1 aliphatic heterocycles. The fraction of sp³-hybridized carbons (Fsp3) is 0.562. The molecule has 5 nitrogen and oxygen atoms in total. The number of β-amino-alcohol motifs (C(OH)–C–C–N with tert-alkyl or cyclic N) is 1. The van der Waals surface area contributed by atoms with Gasteiger partial charge in [-0.25, -0.2) is 0 Å². The minimum atomic E-state index is -0.618. The Morgan fingerprint density at radius 3 is 2.76 bits per heavy atom. The van der Waals surface area contributed by atoms with Crippen LogP contribution in [-0.2, 0) is 11.3 Å². The van der Waals surface area contributed by atoms with Crippen LogP contribution in [0.2, 0.25) is 0 Å². The monoisotopic (exact) mass is 291 g/mol. The predicted octanol–water partition coefficient (Wildman–Crippen LogP) is 1.32. The Morgan fingerprint density at radius 2 is 2.14 bits per heavy atom. The highest BCUT2D eigenvalue weighted by molar-refractivity contribution is 5.90. The lowest BCUT2D eigenvalue weighted by Crippen LogP contribution is -2.46. The molecular formula is C16H25N3O2. The number of carbonyl (C=O) groups is 1. The van der Waals surface area contributed by atoms with E-state index < -0.39 is 5.60 Å². The molecular weight excluding hydrogens is 266 g/mol. The first-order valence-corrected chi connectivity index (χ1v) is 7.52. The summed E-state index contributed by atoms with van der Waals surface area (Å²) in [6, 6.07) is 7.56. The molecule has 1 aromatic carbocycles. The van der Waals surface area contributed by atoms with Crippen molar-refractivity contribution < 1.29 is 9.90 Å². The second kappa shape index (κ2) is 7.02. The molecule has 4 N–H and O–H groups in total. The Balaban J connectivity index is 1.76. The average Bonchev–Trinajstić information content (AvgIpc) is 2.45. The van der Waals surface area contributed by atoms with Crippen molar-refractivity contribution in [2.24, 2.45) is 5.73 Å². The summed E-state index contributed by atoms with van der Waals surface area (Å²) in [5, 5.41) is 12.9. The van der Waals surface area contributed by atoms with E-state index in [1.54, 1.807) is 0 Å². The van der Waals surface area contributed by atoms with Crippen molar-refractivity contribution in [2.45, 2.75) is 38.3 Å². The zero-order chi connectivity index (χ0) is 15.3. The van der Waals surface area contributed by atoms with Crippen molar-refractivity contribution in [3.63, 3.8) is 0 Å². The number of aliphatic hydroxyl groups is 1. The molecule has 1 heterocycles. The van der Waals surface area contributed by atoms with Crippen LogP contribution in [0.25, 0.3) is 0 Å². The molecule has 1 saturated heterocycles. The van der Waals surface area contributed by atoms with Crippen LogP contribution in [0.3, 0.4) is 0 Å². The zero-order valence-corrected chi connectivity index (χ0v) is 12.6. The van der Waals surface area contributed by atoms with Gasteiger partial charge in [-0.2, -0.15) is 0 Å². The maximum Gasteiger partial charge on any atom is 0.225 e. The van der Waals surface area contributed by atoms with Gasteiger partial charge in [-0.15, -0.1) is 0 Å². The molecule has 5 heteroatoms. The summed E-state index contributed by atoms with van der Waals surface area (Å²) in [7, 11) is 0. The minimum absolute atomic E-state index is 0.000662. The van der Waals surface area contributed by atoms with Crippen LogP contribution in [0.1, 0.15) is 31.7 Å². The Hall–Kier alpha value is -1.43. The number of nitrogens with one attached hydrogen (secondary N) is 1. The third kappa shape index (κ3) is 5.12. The number of likely N-dealkylation sites (tertiary alicyclic amines) is 1. The zero-order valence-electron chi connectivity index (χ0n) is 12.6. The molecule has 1 unspecified atom stereocenters. The largest absolute Gasteiger partial charge is 0.389 e. The molecule has 2 rings (SSSR count). The van der Waals surface area contributed by atoms with Gasteiger partial charge >= 0.3 is 0 Å². The van der Waals surface area contributed by atoms with Gasteiger partial charge in [-0.3, -0.25) is 9.69 Å². The molecule has 0 radical (unpaired) electrons. The van der Waals surface area contributed by atoms with Crippen molar-refractivity contribution in [2.75, 3.05) is 25.0 Å². The smallest absolute Gasteiger partial charge is 0.225 e. The van der Waals surface area contributed by atoms with Crippen molar-refractivity contribution >= 4 is 11.6 Å². The topological polar surface area (TPSA) is 78.6 Å². The van der Waals surface area contributed by atoms with Gasteiger partial charge < -0.3 is 16.2 Å². The lowest BCUT2D eigenvalue weighted by Gasteiger charge is -2.36. The van der Waals surface area contributed by atoms with E-state index in [9.17, 15) is 9.90 Å². The number of hydrogen-bond acceptors (Lipinski definition) is 4. The molecule has 1 amide bonds. The normalized spacial score (nSPS) is 23.0. The van der Waals surface area contributed by atoms with E-state index in [4.69, 9.17) is 5.73 Å². The summed E-state index contributed by atoms with van der Waals surface area (Å²) in [6.07, 6.45) is 2.26. The first-order chi connectivity index (χ1) is 9.98. The number of hydrogen-bond donors (Lipinski definition) is 3. The molecule has 1 fully saturated rings. The highest BCUT2D eigenvalue weighted by Crippen LogP contribution is 2.20. The predicted molar refractivity (Wildman–Crippen MR) is 83.9 cm³/mol. The number of rotatable bonds is 5. The van der Waals surface area contributed by atoms with E-state index in [0.717, 1.165) is 30.6 Å². The molecule has 116 valence electrons. The summed E-state index contributed by atoms with van der Waals surface area (Å²) < 4.78 is 0. The van der Waals surface area contributed by atoms with Gasteiger partial charge in [0.2, 0.25) is 5.91 Å². The van der Waals surface area contributed by atoms with Gasteiger partial charge in [0, 0.05) is 31.7 Å². The molecule has 0 bridgehead atoms. The maximum atomic E-state index is 11.9. The fourth-order valence-electron chi connectivity index (χ4n) is 2.72. The quantitative estimate of drug-likeness (QED) is 0.764. The van der Waals surface area contributed by atoms with Gasteiger partial charge in [0.15, 0.2) is 0 Å². The maximum absolute atomic E-state index is 11.9. The summed E-state index contributed by atoms with van der Waals surface area (Å²) in [5.74, 6) is 0.000662. The second-order valence-electron chi connectivity index (χ2n) is 6.08. The number of carbonyl (C=O) groups excluding carboxylic acids is 1. The summed E-state index contributed by atoms with van der Waals surface area (Å²) >= 11 is 0. The molecule has 21 heavy (non-hydrogen) atoms. The second-order valence-corrected chi connectivity index (χ2v) is 6.08. The van der Waals surface area contributed by atoms with E-state index in [0.29, 0.717) is 26.1 Å². The molecule has 0 aromatic heterocycles. The van der Waals surface area contributed by atoms with E-state index in [-0.39, 0.29) is 5.91 Å².